The predicted octanol–water partition coefficient (Wildman–Crippen LogP) is 6.88. The summed E-state index contributed by atoms with van der Waals surface area (Å²) in [4.78, 5) is 12.5. The molecule has 0 atom stereocenters. The van der Waals surface area contributed by atoms with Gasteiger partial charge in [-0.2, -0.15) is 5.10 Å². The van der Waals surface area contributed by atoms with Gasteiger partial charge in [0.2, 0.25) is 0 Å². The van der Waals surface area contributed by atoms with Gasteiger partial charge in [-0.1, -0.05) is 65.7 Å². The van der Waals surface area contributed by atoms with E-state index in [1.807, 2.05) is 37.3 Å². The molecule has 0 aliphatic heterocycles. The Bertz CT molecular complexity index is 1300. The van der Waals surface area contributed by atoms with Crippen molar-refractivity contribution >= 4 is 45.6 Å². The summed E-state index contributed by atoms with van der Waals surface area (Å²) in [6.45, 7) is 2.17. The van der Waals surface area contributed by atoms with Crippen LogP contribution in [-0.2, 0) is 6.61 Å². The summed E-state index contributed by atoms with van der Waals surface area (Å²) in [5.74, 6) is 0.334. The maximum atomic E-state index is 12.5. The summed E-state index contributed by atoms with van der Waals surface area (Å²) < 4.78 is 5.75. The normalized spacial score (nSPS) is 11.4. The first kappa shape index (κ1) is 21.9. The van der Waals surface area contributed by atoms with E-state index in [0.29, 0.717) is 28.0 Å². The molecule has 4 nitrogen and oxygen atoms in total. The molecule has 32 heavy (non-hydrogen) atoms. The fourth-order valence-corrected chi connectivity index (χ4v) is 3.64. The van der Waals surface area contributed by atoms with E-state index in [-0.39, 0.29) is 5.91 Å². The van der Waals surface area contributed by atoms with Gasteiger partial charge in [-0.25, -0.2) is 5.43 Å². The second-order valence-electron chi connectivity index (χ2n) is 7.25. The van der Waals surface area contributed by atoms with Crippen LogP contribution >= 0.6 is 23.2 Å². The van der Waals surface area contributed by atoms with Crippen molar-refractivity contribution in [2.75, 3.05) is 0 Å². The standard InChI is InChI=1S/C26H20Cl2N2O2/c1-17(20-7-6-18-4-2-3-5-21(18)14-20)29-30-26(31)19-9-12-24(13-10-19)32-16-22-8-11-23(27)15-25(22)28/h2-15H,16H2,1H3,(H,30,31)/b29-17-. The summed E-state index contributed by atoms with van der Waals surface area (Å²) in [5.41, 5.74) is 5.61. The molecule has 4 aromatic rings. The van der Waals surface area contributed by atoms with E-state index >= 15 is 0 Å². The van der Waals surface area contributed by atoms with Crippen molar-refractivity contribution in [1.29, 1.82) is 0 Å². The molecule has 0 saturated heterocycles. The number of benzene rings is 4. The van der Waals surface area contributed by atoms with Crippen LogP contribution in [0.4, 0.5) is 0 Å². The number of hydrogen-bond acceptors (Lipinski definition) is 3. The molecule has 1 amide bonds. The molecule has 6 heteroatoms. The zero-order valence-electron chi connectivity index (χ0n) is 17.3. The Kier molecular flexibility index (Phi) is 6.74. The minimum Gasteiger partial charge on any atom is -0.489 e. The van der Waals surface area contributed by atoms with Gasteiger partial charge in [0.15, 0.2) is 0 Å². The molecule has 0 aliphatic carbocycles. The SMILES string of the molecule is C/C(=N/NC(=O)c1ccc(OCc2ccc(Cl)cc2Cl)cc1)c1ccc2ccccc2c1. The maximum absolute atomic E-state index is 12.5. The molecule has 0 saturated carbocycles. The molecule has 4 rings (SSSR count). The summed E-state index contributed by atoms with van der Waals surface area (Å²) in [7, 11) is 0. The van der Waals surface area contributed by atoms with Gasteiger partial charge >= 0.3 is 0 Å². The highest BCUT2D eigenvalue weighted by atomic mass is 35.5. The van der Waals surface area contributed by atoms with Crippen molar-refractivity contribution in [2.24, 2.45) is 5.10 Å². The fourth-order valence-electron chi connectivity index (χ4n) is 3.18. The van der Waals surface area contributed by atoms with E-state index in [4.69, 9.17) is 27.9 Å². The maximum Gasteiger partial charge on any atom is 0.271 e. The third kappa shape index (κ3) is 5.28. The van der Waals surface area contributed by atoms with Crippen LogP contribution in [0.3, 0.4) is 0 Å². The highest BCUT2D eigenvalue weighted by molar-refractivity contribution is 6.35. The Morgan fingerprint density at radius 3 is 2.34 bits per heavy atom. The molecule has 160 valence electrons. The number of fused-ring (bicyclic) bond motifs is 1. The first-order valence-electron chi connectivity index (χ1n) is 10.0. The number of ether oxygens (including phenoxy) is 1. The summed E-state index contributed by atoms with van der Waals surface area (Å²) in [6, 6.07) is 26.3. The number of nitrogens with one attached hydrogen (secondary N) is 1. The number of carbonyl (C=O) groups excluding carboxylic acids is 1. The Morgan fingerprint density at radius 1 is 0.875 bits per heavy atom. The van der Waals surface area contributed by atoms with Gasteiger partial charge in [-0.15, -0.1) is 0 Å². The lowest BCUT2D eigenvalue weighted by Crippen LogP contribution is -2.19. The van der Waals surface area contributed by atoms with E-state index in [1.54, 1.807) is 36.4 Å². The molecular formula is C26H20Cl2N2O2. The van der Waals surface area contributed by atoms with Crippen LogP contribution in [0.25, 0.3) is 10.8 Å². The van der Waals surface area contributed by atoms with Crippen LogP contribution in [0.5, 0.6) is 5.75 Å². The number of rotatable bonds is 6. The number of hydrogen-bond donors (Lipinski definition) is 1. The lowest BCUT2D eigenvalue weighted by molar-refractivity contribution is 0.0955. The topological polar surface area (TPSA) is 50.7 Å². The van der Waals surface area contributed by atoms with E-state index in [2.05, 4.69) is 28.7 Å². The lowest BCUT2D eigenvalue weighted by atomic mass is 10.0. The summed E-state index contributed by atoms with van der Waals surface area (Å²) >= 11 is 12.1. The average molecular weight is 463 g/mol. The van der Waals surface area contributed by atoms with Gasteiger partial charge in [0, 0.05) is 21.2 Å². The molecule has 0 aliphatic rings. The number of hydrazone groups is 1. The Hall–Kier alpha value is -3.34. The van der Waals surface area contributed by atoms with E-state index < -0.39 is 0 Å². The molecule has 0 unspecified atom stereocenters. The molecular weight excluding hydrogens is 443 g/mol. The quantitative estimate of drug-likeness (QED) is 0.250. The van der Waals surface area contributed by atoms with Crippen LogP contribution in [0.1, 0.15) is 28.4 Å². The van der Waals surface area contributed by atoms with Crippen LogP contribution in [0, 0.1) is 0 Å². The highest BCUT2D eigenvalue weighted by Crippen LogP contribution is 2.23. The third-order valence-corrected chi connectivity index (χ3v) is 5.61. The first-order chi connectivity index (χ1) is 15.5. The summed E-state index contributed by atoms with van der Waals surface area (Å²) in [5, 5.41) is 7.67. The summed E-state index contributed by atoms with van der Waals surface area (Å²) in [6.07, 6.45) is 0. The molecule has 0 aromatic heterocycles. The minimum absolute atomic E-state index is 0.294. The highest BCUT2D eigenvalue weighted by Gasteiger charge is 2.07. The minimum atomic E-state index is -0.294. The van der Waals surface area contributed by atoms with Crippen molar-refractivity contribution < 1.29 is 9.53 Å². The van der Waals surface area contributed by atoms with Crippen LogP contribution in [-0.4, -0.2) is 11.6 Å². The smallest absolute Gasteiger partial charge is 0.271 e. The third-order valence-electron chi connectivity index (χ3n) is 5.02. The van der Waals surface area contributed by atoms with Crippen molar-refractivity contribution in [3.63, 3.8) is 0 Å². The molecule has 0 fully saturated rings. The van der Waals surface area contributed by atoms with Crippen LogP contribution in [0.2, 0.25) is 10.0 Å². The molecule has 1 N–H and O–H groups in total. The number of carbonyl (C=O) groups is 1. The van der Waals surface area contributed by atoms with Crippen molar-refractivity contribution in [1.82, 2.24) is 5.43 Å². The zero-order chi connectivity index (χ0) is 22.5. The molecule has 0 radical (unpaired) electrons. The first-order valence-corrected chi connectivity index (χ1v) is 10.8. The van der Waals surface area contributed by atoms with Gasteiger partial charge < -0.3 is 4.74 Å². The van der Waals surface area contributed by atoms with Gasteiger partial charge in [0.05, 0.1) is 5.71 Å². The van der Waals surface area contributed by atoms with Gasteiger partial charge in [-0.05, 0) is 65.7 Å². The van der Waals surface area contributed by atoms with Gasteiger partial charge in [0.1, 0.15) is 12.4 Å². The van der Waals surface area contributed by atoms with Crippen LogP contribution < -0.4 is 10.2 Å². The fraction of sp³-hybridized carbons (Fsp3) is 0.0769. The van der Waals surface area contributed by atoms with Gasteiger partial charge in [-0.3, -0.25) is 4.79 Å². The van der Waals surface area contributed by atoms with Crippen molar-refractivity contribution in [3.05, 3.63) is 112 Å². The predicted molar refractivity (Wildman–Crippen MR) is 131 cm³/mol. The monoisotopic (exact) mass is 462 g/mol. The van der Waals surface area contributed by atoms with Crippen molar-refractivity contribution in [2.45, 2.75) is 13.5 Å². The van der Waals surface area contributed by atoms with E-state index in [1.165, 1.54) is 0 Å². The zero-order valence-corrected chi connectivity index (χ0v) is 18.8. The average Bonchev–Trinajstić information content (AvgIpc) is 2.81. The van der Waals surface area contributed by atoms with Crippen molar-refractivity contribution in [3.8, 4) is 5.75 Å². The lowest BCUT2D eigenvalue weighted by Gasteiger charge is -2.09. The molecule has 0 spiro atoms. The number of halogens is 2. The van der Waals surface area contributed by atoms with Crippen LogP contribution in [0.15, 0.2) is 90.0 Å². The second-order valence-corrected chi connectivity index (χ2v) is 8.09. The number of amides is 1. The second kappa shape index (κ2) is 9.86. The Balaban J connectivity index is 1.37. The largest absolute Gasteiger partial charge is 0.489 e. The van der Waals surface area contributed by atoms with E-state index in [0.717, 1.165) is 27.6 Å². The molecule has 4 aromatic carbocycles. The van der Waals surface area contributed by atoms with Gasteiger partial charge in [0.25, 0.3) is 5.91 Å². The Labute approximate surface area is 196 Å². The Morgan fingerprint density at radius 2 is 1.59 bits per heavy atom. The molecule has 0 heterocycles. The van der Waals surface area contributed by atoms with E-state index in [9.17, 15) is 4.79 Å². The molecule has 0 bridgehead atoms. The number of nitrogens with zero attached hydrogens (tertiary/aromatic N) is 1.